The normalized spacial score (nSPS) is 20.0. The molecular weight excluding hydrogens is 292 g/mol. The predicted molar refractivity (Wildman–Crippen MR) is 77.3 cm³/mol. The SMILES string of the molecule is O=C(N[C@@H]1c2ccccc2C[C@@H]1O)c1ccc([N+](=O)[O-])s1. The Morgan fingerprint density at radius 2 is 2.10 bits per heavy atom. The number of nitrogens with one attached hydrogen (secondary N) is 1. The second kappa shape index (κ2) is 5.27. The molecule has 0 spiro atoms. The van der Waals surface area contributed by atoms with E-state index in [0.717, 1.165) is 22.5 Å². The largest absolute Gasteiger partial charge is 0.390 e. The minimum Gasteiger partial charge on any atom is -0.390 e. The number of aliphatic hydroxyl groups excluding tert-OH is 1. The lowest BCUT2D eigenvalue weighted by Crippen LogP contribution is -2.33. The highest BCUT2D eigenvalue weighted by molar-refractivity contribution is 7.17. The number of benzene rings is 1. The lowest BCUT2D eigenvalue weighted by Gasteiger charge is -2.17. The molecule has 108 valence electrons. The maximum absolute atomic E-state index is 12.2. The molecule has 1 amide bonds. The number of nitrogens with zero attached hydrogens (tertiary/aromatic N) is 1. The van der Waals surface area contributed by atoms with Crippen LogP contribution in [-0.4, -0.2) is 22.0 Å². The molecule has 21 heavy (non-hydrogen) atoms. The third-order valence-corrected chi connectivity index (χ3v) is 4.52. The van der Waals surface area contributed by atoms with Gasteiger partial charge in [-0.1, -0.05) is 35.6 Å². The fourth-order valence-electron chi connectivity index (χ4n) is 2.51. The maximum atomic E-state index is 12.2. The number of rotatable bonds is 3. The Hall–Kier alpha value is -2.25. The Morgan fingerprint density at radius 3 is 2.81 bits per heavy atom. The van der Waals surface area contributed by atoms with Gasteiger partial charge in [-0.15, -0.1) is 0 Å². The van der Waals surface area contributed by atoms with Crippen LogP contribution in [0.25, 0.3) is 0 Å². The Bertz CT molecular complexity index is 713. The van der Waals surface area contributed by atoms with Gasteiger partial charge in [0, 0.05) is 12.5 Å². The van der Waals surface area contributed by atoms with Crippen LogP contribution >= 0.6 is 11.3 Å². The summed E-state index contributed by atoms with van der Waals surface area (Å²) in [5.74, 6) is -0.408. The molecule has 7 heteroatoms. The standard InChI is InChI=1S/C14H12N2O4S/c17-10-7-8-3-1-2-4-9(8)13(10)15-14(18)11-5-6-12(21-11)16(19)20/h1-6,10,13,17H,7H2,(H,15,18)/t10-,13+/m0/s1. The first-order chi connectivity index (χ1) is 10.1. The van der Waals surface area contributed by atoms with Crippen molar-refractivity contribution in [2.75, 3.05) is 0 Å². The van der Waals surface area contributed by atoms with Crippen LogP contribution in [-0.2, 0) is 6.42 Å². The first kappa shape index (κ1) is 13.7. The van der Waals surface area contributed by atoms with E-state index in [9.17, 15) is 20.0 Å². The Morgan fingerprint density at radius 1 is 1.33 bits per heavy atom. The second-order valence-electron chi connectivity index (χ2n) is 4.82. The molecule has 0 radical (unpaired) electrons. The molecule has 1 heterocycles. The van der Waals surface area contributed by atoms with Crippen molar-refractivity contribution in [3.63, 3.8) is 0 Å². The van der Waals surface area contributed by atoms with E-state index in [4.69, 9.17) is 0 Å². The highest BCUT2D eigenvalue weighted by atomic mass is 32.1. The van der Waals surface area contributed by atoms with Crippen molar-refractivity contribution in [2.45, 2.75) is 18.6 Å². The third-order valence-electron chi connectivity index (χ3n) is 3.49. The van der Waals surface area contributed by atoms with E-state index in [1.54, 1.807) is 0 Å². The summed E-state index contributed by atoms with van der Waals surface area (Å²) >= 11 is 0.822. The van der Waals surface area contributed by atoms with Crippen LogP contribution in [0.3, 0.4) is 0 Å². The number of hydrogen-bond donors (Lipinski definition) is 2. The number of carbonyl (C=O) groups excluding carboxylic acids is 1. The van der Waals surface area contributed by atoms with Gasteiger partial charge in [-0.25, -0.2) is 0 Å². The van der Waals surface area contributed by atoms with E-state index in [1.165, 1.54) is 12.1 Å². The fourth-order valence-corrected chi connectivity index (χ4v) is 3.23. The number of aliphatic hydroxyl groups is 1. The summed E-state index contributed by atoms with van der Waals surface area (Å²) in [6.45, 7) is 0. The van der Waals surface area contributed by atoms with Crippen LogP contribution in [0.4, 0.5) is 5.00 Å². The van der Waals surface area contributed by atoms with Gasteiger partial charge in [0.15, 0.2) is 0 Å². The molecule has 0 fully saturated rings. The average Bonchev–Trinajstić information content (AvgIpc) is 3.05. The highest BCUT2D eigenvalue weighted by Gasteiger charge is 2.32. The summed E-state index contributed by atoms with van der Waals surface area (Å²) < 4.78 is 0. The quantitative estimate of drug-likeness (QED) is 0.670. The van der Waals surface area contributed by atoms with E-state index in [1.807, 2.05) is 24.3 Å². The maximum Gasteiger partial charge on any atom is 0.324 e. The number of nitro groups is 1. The van der Waals surface area contributed by atoms with Gasteiger partial charge in [0.25, 0.3) is 5.91 Å². The lowest BCUT2D eigenvalue weighted by atomic mass is 10.1. The van der Waals surface area contributed by atoms with Crippen LogP contribution in [0.15, 0.2) is 36.4 Å². The van der Waals surface area contributed by atoms with Crippen LogP contribution in [0, 0.1) is 10.1 Å². The van der Waals surface area contributed by atoms with Gasteiger partial charge in [-0.3, -0.25) is 14.9 Å². The minimum atomic E-state index is -0.679. The Balaban J connectivity index is 1.80. The zero-order valence-electron chi connectivity index (χ0n) is 10.9. The molecule has 1 aromatic carbocycles. The number of thiophene rings is 1. The number of hydrogen-bond acceptors (Lipinski definition) is 5. The summed E-state index contributed by atoms with van der Waals surface area (Å²) in [6.07, 6.45) is -0.188. The zero-order chi connectivity index (χ0) is 15.0. The van der Waals surface area contributed by atoms with Gasteiger partial charge < -0.3 is 10.4 Å². The zero-order valence-corrected chi connectivity index (χ0v) is 11.7. The molecule has 1 aromatic heterocycles. The van der Waals surface area contributed by atoms with Gasteiger partial charge in [0.2, 0.25) is 0 Å². The van der Waals surface area contributed by atoms with Gasteiger partial charge in [-0.2, -0.15) is 0 Å². The molecule has 0 bridgehead atoms. The molecular formula is C14H12N2O4S. The van der Waals surface area contributed by atoms with Crippen LogP contribution in [0.1, 0.15) is 26.8 Å². The topological polar surface area (TPSA) is 92.5 Å². The summed E-state index contributed by atoms with van der Waals surface area (Å²) in [7, 11) is 0. The molecule has 6 nitrogen and oxygen atoms in total. The number of fused-ring (bicyclic) bond motifs is 1. The van der Waals surface area contributed by atoms with Gasteiger partial charge in [0.1, 0.15) is 0 Å². The van der Waals surface area contributed by atoms with E-state index in [2.05, 4.69) is 5.32 Å². The summed E-state index contributed by atoms with van der Waals surface area (Å²) in [5.41, 5.74) is 1.90. The molecule has 2 atom stereocenters. The lowest BCUT2D eigenvalue weighted by molar-refractivity contribution is -0.380. The fraction of sp³-hybridized carbons (Fsp3) is 0.214. The third kappa shape index (κ3) is 2.53. The Labute approximate surface area is 124 Å². The molecule has 1 aliphatic rings. The molecule has 0 aliphatic heterocycles. The predicted octanol–water partition coefficient (Wildman–Crippen LogP) is 2.04. The summed E-state index contributed by atoms with van der Waals surface area (Å²) in [6, 6.07) is 9.78. The van der Waals surface area contributed by atoms with Gasteiger partial charge in [-0.05, 0) is 17.2 Å². The molecule has 3 rings (SSSR count). The van der Waals surface area contributed by atoms with Crippen LogP contribution in [0.5, 0.6) is 0 Å². The van der Waals surface area contributed by atoms with E-state index in [-0.39, 0.29) is 9.88 Å². The molecule has 2 aromatic rings. The van der Waals surface area contributed by atoms with Crippen molar-refractivity contribution < 1.29 is 14.8 Å². The first-order valence-electron chi connectivity index (χ1n) is 6.37. The minimum absolute atomic E-state index is 0.0764. The van der Waals surface area contributed by atoms with E-state index in [0.29, 0.717) is 6.42 Å². The summed E-state index contributed by atoms with van der Waals surface area (Å²) in [4.78, 5) is 22.5. The second-order valence-corrected chi connectivity index (χ2v) is 5.88. The highest BCUT2D eigenvalue weighted by Crippen LogP contribution is 2.32. The van der Waals surface area contributed by atoms with Crippen molar-refractivity contribution in [1.82, 2.24) is 5.32 Å². The first-order valence-corrected chi connectivity index (χ1v) is 7.19. The van der Waals surface area contributed by atoms with Crippen molar-refractivity contribution in [2.24, 2.45) is 0 Å². The number of amides is 1. The molecule has 0 saturated heterocycles. The van der Waals surface area contributed by atoms with E-state index >= 15 is 0 Å². The molecule has 1 aliphatic carbocycles. The smallest absolute Gasteiger partial charge is 0.324 e. The molecule has 0 unspecified atom stereocenters. The van der Waals surface area contributed by atoms with Crippen molar-refractivity contribution in [1.29, 1.82) is 0 Å². The molecule has 0 saturated carbocycles. The molecule has 2 N–H and O–H groups in total. The summed E-state index contributed by atoms with van der Waals surface area (Å²) in [5, 5.41) is 23.4. The van der Waals surface area contributed by atoms with Gasteiger partial charge in [0.05, 0.1) is 21.9 Å². The van der Waals surface area contributed by atoms with Crippen molar-refractivity contribution in [3.8, 4) is 0 Å². The van der Waals surface area contributed by atoms with Crippen molar-refractivity contribution in [3.05, 3.63) is 62.5 Å². The van der Waals surface area contributed by atoms with Crippen molar-refractivity contribution >= 4 is 22.2 Å². The van der Waals surface area contributed by atoms with Crippen LogP contribution < -0.4 is 5.32 Å². The monoisotopic (exact) mass is 304 g/mol. The van der Waals surface area contributed by atoms with Crippen LogP contribution in [0.2, 0.25) is 0 Å². The Kier molecular flexibility index (Phi) is 3.44. The number of carbonyl (C=O) groups is 1. The van der Waals surface area contributed by atoms with Gasteiger partial charge >= 0.3 is 5.00 Å². The average molecular weight is 304 g/mol. The van der Waals surface area contributed by atoms with E-state index < -0.39 is 23.0 Å².